The molecule has 0 unspecified atom stereocenters. The van der Waals surface area contributed by atoms with Crippen LogP contribution in [0.3, 0.4) is 0 Å². The van der Waals surface area contributed by atoms with Crippen LogP contribution in [-0.4, -0.2) is 49.6 Å². The van der Waals surface area contributed by atoms with E-state index in [1.165, 1.54) is 36.7 Å². The maximum Gasteiger partial charge on any atom is 0.322 e. The Hall–Kier alpha value is -4.68. The number of hydrogen-bond acceptors (Lipinski definition) is 6. The lowest BCUT2D eigenvalue weighted by Gasteiger charge is -2.38. The number of nitrogens with zero attached hydrogens (tertiary/aromatic N) is 3. The van der Waals surface area contributed by atoms with E-state index < -0.39 is 10.0 Å². The quantitative estimate of drug-likeness (QED) is 0.183. The average molecular weight is 620 g/mol. The first-order valence-electron chi connectivity index (χ1n) is 14.2. The number of aromatic nitrogens is 1. The van der Waals surface area contributed by atoms with Gasteiger partial charge in [-0.25, -0.2) is 17.6 Å². The van der Waals surface area contributed by atoms with E-state index in [0.29, 0.717) is 22.9 Å². The van der Waals surface area contributed by atoms with Crippen LogP contribution in [0.2, 0.25) is 0 Å². The summed E-state index contributed by atoms with van der Waals surface area (Å²) in [6, 6.07) is 23.3. The van der Waals surface area contributed by atoms with E-state index in [0.717, 1.165) is 54.6 Å². The number of rotatable bonds is 10. The van der Waals surface area contributed by atoms with Gasteiger partial charge >= 0.3 is 6.03 Å². The number of halogens is 1. The topological polar surface area (TPSA) is 118 Å². The number of likely N-dealkylation sites (tertiary alicyclic amines) is 1. The molecule has 0 radical (unpaired) electrons. The van der Waals surface area contributed by atoms with Gasteiger partial charge in [-0.15, -0.1) is 0 Å². The fourth-order valence-corrected chi connectivity index (χ4v) is 5.70. The van der Waals surface area contributed by atoms with Crippen LogP contribution >= 0.6 is 0 Å². The van der Waals surface area contributed by atoms with E-state index in [9.17, 15) is 22.8 Å². The van der Waals surface area contributed by atoms with E-state index in [-0.39, 0.29) is 24.4 Å². The Kier molecular flexibility index (Phi) is 9.61. The molecule has 0 aliphatic carbocycles. The van der Waals surface area contributed by atoms with Crippen molar-refractivity contribution in [2.24, 2.45) is 0 Å². The molecule has 10 nitrogen and oxygen atoms in total. The van der Waals surface area contributed by atoms with Crippen molar-refractivity contribution in [1.29, 1.82) is 0 Å². The molecule has 230 valence electrons. The number of carbonyl (C=O) groups excluding carboxylic acids is 1. The monoisotopic (exact) mass is 619 g/mol. The first-order valence-corrected chi connectivity index (χ1v) is 16.1. The van der Waals surface area contributed by atoms with Crippen LogP contribution in [0.15, 0.2) is 97.3 Å². The van der Waals surface area contributed by atoms with Gasteiger partial charge in [-0.3, -0.25) is 9.62 Å². The fraction of sp³-hybridized carbons (Fsp3) is 0.250. The maximum atomic E-state index is 13.4. The van der Waals surface area contributed by atoms with Gasteiger partial charge in [0.15, 0.2) is 12.4 Å². The highest BCUT2D eigenvalue weighted by Crippen LogP contribution is 2.26. The largest absolute Gasteiger partial charge is 0.619 e. The molecule has 2 amide bonds. The second-order valence-electron chi connectivity index (χ2n) is 10.8. The van der Waals surface area contributed by atoms with Crippen LogP contribution in [0.4, 0.5) is 20.6 Å². The molecular formula is C32H34FN5O5S. The summed E-state index contributed by atoms with van der Waals surface area (Å²) in [4.78, 5) is 17.5. The van der Waals surface area contributed by atoms with Crippen molar-refractivity contribution in [3.05, 3.63) is 119 Å². The van der Waals surface area contributed by atoms with Crippen molar-refractivity contribution < 1.29 is 27.1 Å². The number of pyridine rings is 1. The highest BCUT2D eigenvalue weighted by molar-refractivity contribution is 7.92. The highest BCUT2D eigenvalue weighted by atomic mass is 32.2. The zero-order valence-corrected chi connectivity index (χ0v) is 25.0. The molecule has 2 heterocycles. The minimum Gasteiger partial charge on any atom is -0.619 e. The van der Waals surface area contributed by atoms with Gasteiger partial charge in [0.05, 0.1) is 12.8 Å². The Morgan fingerprint density at radius 2 is 1.57 bits per heavy atom. The fourth-order valence-electron chi connectivity index (χ4n) is 5.14. The van der Waals surface area contributed by atoms with Gasteiger partial charge in [-0.2, -0.15) is 4.73 Å². The number of hydrogen-bond donors (Lipinski definition) is 2. The predicted molar refractivity (Wildman–Crippen MR) is 166 cm³/mol. The summed E-state index contributed by atoms with van der Waals surface area (Å²) in [6.45, 7) is 2.59. The first kappa shape index (κ1) is 30.8. The maximum absolute atomic E-state index is 13.4. The minimum absolute atomic E-state index is 0.0400. The van der Waals surface area contributed by atoms with Crippen LogP contribution in [0.1, 0.15) is 24.0 Å². The van der Waals surface area contributed by atoms with E-state index in [1.807, 2.05) is 30.3 Å². The molecule has 3 aromatic carbocycles. The molecule has 1 aliphatic heterocycles. The second-order valence-corrected chi connectivity index (χ2v) is 12.5. The summed E-state index contributed by atoms with van der Waals surface area (Å²) in [5, 5.41) is 14.7. The smallest absolute Gasteiger partial charge is 0.322 e. The number of carbonyl (C=O) groups is 1. The Morgan fingerprint density at radius 3 is 2.18 bits per heavy atom. The molecule has 0 saturated carbocycles. The summed E-state index contributed by atoms with van der Waals surface area (Å²) in [5.74, 6) is 0.876. The molecular weight excluding hydrogens is 585 g/mol. The summed E-state index contributed by atoms with van der Waals surface area (Å²) in [7, 11) is -3.34. The lowest BCUT2D eigenvalue weighted by atomic mass is 10.0. The Labute approximate surface area is 256 Å². The molecule has 0 spiro atoms. The Morgan fingerprint density at radius 1 is 0.955 bits per heavy atom. The van der Waals surface area contributed by atoms with Gasteiger partial charge < -0.3 is 20.2 Å². The van der Waals surface area contributed by atoms with Crippen LogP contribution in [0, 0.1) is 11.0 Å². The highest BCUT2D eigenvalue weighted by Gasteiger charge is 2.29. The minimum atomic E-state index is -3.34. The van der Waals surface area contributed by atoms with Crippen LogP contribution < -0.4 is 19.5 Å². The molecule has 1 aliphatic rings. The van der Waals surface area contributed by atoms with Gasteiger partial charge in [-0.05, 0) is 85.1 Å². The second kappa shape index (κ2) is 13.7. The summed E-state index contributed by atoms with van der Waals surface area (Å²) in [6.07, 6.45) is 5.48. The summed E-state index contributed by atoms with van der Waals surface area (Å²) < 4.78 is 45.2. The molecule has 12 heteroatoms. The van der Waals surface area contributed by atoms with Crippen molar-refractivity contribution in [1.82, 2.24) is 9.80 Å². The van der Waals surface area contributed by atoms with Gasteiger partial charge in [0.2, 0.25) is 10.0 Å². The zero-order chi connectivity index (χ0) is 31.1. The number of ether oxygens (including phenoxy) is 1. The van der Waals surface area contributed by atoms with E-state index >= 15 is 0 Å². The molecule has 5 rings (SSSR count). The number of sulfonamides is 1. The Bertz CT molecular complexity index is 1660. The third-order valence-corrected chi connectivity index (χ3v) is 7.87. The molecule has 4 aromatic rings. The van der Waals surface area contributed by atoms with Crippen molar-refractivity contribution in [3.8, 4) is 11.5 Å². The van der Waals surface area contributed by atoms with Gasteiger partial charge in [-0.1, -0.05) is 12.1 Å². The predicted octanol–water partition coefficient (Wildman–Crippen LogP) is 5.32. The number of anilines is 2. The summed E-state index contributed by atoms with van der Waals surface area (Å²) in [5.41, 5.74) is 2.81. The Balaban J connectivity index is 1.17. The number of urea groups is 1. The van der Waals surface area contributed by atoms with Crippen molar-refractivity contribution >= 4 is 27.4 Å². The number of amides is 2. The molecule has 44 heavy (non-hydrogen) atoms. The summed E-state index contributed by atoms with van der Waals surface area (Å²) >= 11 is 0. The van der Waals surface area contributed by atoms with E-state index in [4.69, 9.17) is 4.74 Å². The molecule has 1 fully saturated rings. The molecule has 2 N–H and O–H groups in total. The standard InChI is InChI=1S/C32H34FN5O5S/c1-44(41,42)35-28-10-14-31(15-11-28)43-30-12-4-24(5-13-30)21-36-19-16-29(17-20-36)38(23-25-3-2-18-37(40)22-25)32(39)34-27-8-6-26(33)7-9-27/h2-15,18,22,29,35H,16-17,19-21,23H2,1H3,(H,34,39). The van der Waals surface area contributed by atoms with E-state index in [2.05, 4.69) is 14.9 Å². The van der Waals surface area contributed by atoms with Crippen LogP contribution in [0.5, 0.6) is 11.5 Å². The molecule has 0 bridgehead atoms. The van der Waals surface area contributed by atoms with Crippen molar-refractivity contribution in [2.75, 3.05) is 29.4 Å². The third kappa shape index (κ3) is 8.91. The number of piperidine rings is 1. The molecule has 1 saturated heterocycles. The van der Waals surface area contributed by atoms with Crippen LogP contribution in [-0.2, 0) is 23.1 Å². The zero-order valence-electron chi connectivity index (χ0n) is 24.2. The normalized spacial score (nSPS) is 14.1. The lowest BCUT2D eigenvalue weighted by molar-refractivity contribution is -0.605. The number of nitrogens with one attached hydrogen (secondary N) is 2. The van der Waals surface area contributed by atoms with Gasteiger partial charge in [0.1, 0.15) is 17.3 Å². The number of benzene rings is 3. The molecule has 1 aromatic heterocycles. The van der Waals surface area contributed by atoms with Crippen molar-refractivity contribution in [3.63, 3.8) is 0 Å². The lowest BCUT2D eigenvalue weighted by Crippen LogP contribution is -2.48. The first-order chi connectivity index (χ1) is 21.1. The van der Waals surface area contributed by atoms with E-state index in [1.54, 1.807) is 35.2 Å². The van der Waals surface area contributed by atoms with Gasteiger partial charge in [0.25, 0.3) is 0 Å². The van der Waals surface area contributed by atoms with Crippen molar-refractivity contribution in [2.45, 2.75) is 32.0 Å². The SMILES string of the molecule is CS(=O)(=O)Nc1ccc(Oc2ccc(CN3CCC(N(Cc4ccc[n+]([O-])c4)C(=O)Nc4ccc(F)cc4)CC3)cc2)cc1. The van der Waals surface area contributed by atoms with Gasteiger partial charge in [0, 0.05) is 48.7 Å². The average Bonchev–Trinajstić information content (AvgIpc) is 2.99. The van der Waals surface area contributed by atoms with Crippen LogP contribution in [0.25, 0.3) is 0 Å². The third-order valence-electron chi connectivity index (χ3n) is 7.27. The molecule has 0 atom stereocenters.